The third kappa shape index (κ3) is 2.26. The highest BCUT2D eigenvalue weighted by Gasteiger charge is 2.22. The normalized spacial score (nSPS) is 12.5. The molecule has 0 aromatic heterocycles. The van der Waals surface area contributed by atoms with Crippen LogP contribution >= 0.6 is 11.8 Å². The summed E-state index contributed by atoms with van der Waals surface area (Å²) in [6.45, 7) is 0. The molecule has 0 amide bonds. The van der Waals surface area contributed by atoms with E-state index in [2.05, 4.69) is 71.1 Å². The lowest BCUT2D eigenvalue weighted by Crippen LogP contribution is -2.27. The Morgan fingerprint density at radius 2 is 1.14 bits per heavy atom. The summed E-state index contributed by atoms with van der Waals surface area (Å²) in [6, 6.07) is 27.2. The summed E-state index contributed by atoms with van der Waals surface area (Å²) < 4.78 is 0. The molecule has 3 aromatic rings. The van der Waals surface area contributed by atoms with Gasteiger partial charge in [-0.3, -0.25) is 10.4 Å². The van der Waals surface area contributed by atoms with Gasteiger partial charge < -0.3 is 0 Å². The van der Waals surface area contributed by atoms with Gasteiger partial charge in [0.1, 0.15) is 0 Å². The molecule has 1 aliphatic rings. The maximum atomic E-state index is 3.51. The van der Waals surface area contributed by atoms with Crippen LogP contribution in [0.1, 0.15) is 0 Å². The largest absolute Gasteiger partial charge is 0.294 e. The highest BCUT2D eigenvalue weighted by atomic mass is 32.2. The lowest BCUT2D eigenvalue weighted by Gasteiger charge is -2.33. The molecule has 0 atom stereocenters. The molecular weight excluding hydrogens is 276 g/mol. The molecule has 3 heteroatoms. The van der Waals surface area contributed by atoms with Gasteiger partial charge in [0.15, 0.2) is 0 Å². The molecule has 0 spiro atoms. The molecule has 0 aliphatic carbocycles. The number of nitrogens with zero attached hydrogens (tertiary/aromatic N) is 1. The Labute approximate surface area is 128 Å². The second-order valence-corrected chi connectivity index (χ2v) is 5.93. The molecule has 0 saturated heterocycles. The average Bonchev–Trinajstić information content (AvgIpc) is 2.55. The van der Waals surface area contributed by atoms with Crippen LogP contribution in [0.2, 0.25) is 0 Å². The lowest BCUT2D eigenvalue weighted by atomic mass is 10.2. The van der Waals surface area contributed by atoms with E-state index in [1.807, 2.05) is 30.0 Å². The van der Waals surface area contributed by atoms with Crippen molar-refractivity contribution in [2.45, 2.75) is 9.79 Å². The highest BCUT2D eigenvalue weighted by molar-refractivity contribution is 7.99. The van der Waals surface area contributed by atoms with Gasteiger partial charge in [0.05, 0.1) is 17.1 Å². The van der Waals surface area contributed by atoms with E-state index in [1.54, 1.807) is 0 Å². The average molecular weight is 290 g/mol. The zero-order valence-electron chi connectivity index (χ0n) is 11.4. The molecule has 0 radical (unpaired) electrons. The van der Waals surface area contributed by atoms with E-state index in [0.29, 0.717) is 0 Å². The van der Waals surface area contributed by atoms with Crippen LogP contribution in [0.3, 0.4) is 0 Å². The van der Waals surface area contributed by atoms with Crippen molar-refractivity contribution in [2.75, 3.05) is 10.4 Å². The number of hydrogen-bond acceptors (Lipinski definition) is 3. The monoisotopic (exact) mass is 290 g/mol. The number of anilines is 3. The van der Waals surface area contributed by atoms with Gasteiger partial charge in [-0.05, 0) is 36.4 Å². The Morgan fingerprint density at radius 3 is 1.76 bits per heavy atom. The number of fused-ring (bicyclic) bond motifs is 2. The number of nitrogens with one attached hydrogen (secondary N) is 1. The molecular formula is C18H14N2S. The summed E-state index contributed by atoms with van der Waals surface area (Å²) >= 11 is 1.82. The summed E-state index contributed by atoms with van der Waals surface area (Å²) in [7, 11) is 0. The molecule has 102 valence electrons. The lowest BCUT2D eigenvalue weighted by molar-refractivity contribution is 1.08. The van der Waals surface area contributed by atoms with Crippen LogP contribution < -0.4 is 10.4 Å². The van der Waals surface area contributed by atoms with E-state index in [0.717, 1.165) is 5.69 Å². The van der Waals surface area contributed by atoms with Gasteiger partial charge in [-0.2, -0.15) is 0 Å². The molecule has 4 rings (SSSR count). The summed E-state index contributed by atoms with van der Waals surface area (Å²) in [6.07, 6.45) is 0. The first-order chi connectivity index (χ1) is 10.4. The van der Waals surface area contributed by atoms with Gasteiger partial charge in [0, 0.05) is 9.79 Å². The van der Waals surface area contributed by atoms with Crippen LogP contribution in [0.5, 0.6) is 0 Å². The Kier molecular flexibility index (Phi) is 3.05. The molecule has 1 aliphatic heterocycles. The first-order valence-electron chi connectivity index (χ1n) is 6.89. The predicted molar refractivity (Wildman–Crippen MR) is 89.2 cm³/mol. The smallest absolute Gasteiger partial charge is 0.0770 e. The standard InChI is InChI=1S/C18H14N2S/c1-2-8-14(9-3-1)19-20-15-10-4-6-12-17(15)21-18-13-7-5-11-16(18)20/h1-13,19H. The first-order valence-corrected chi connectivity index (χ1v) is 7.71. The molecule has 2 nitrogen and oxygen atoms in total. The number of para-hydroxylation sites is 3. The third-order valence-corrected chi connectivity index (χ3v) is 4.58. The minimum absolute atomic E-state index is 1.08. The Bertz CT molecular complexity index is 725. The molecule has 3 aromatic carbocycles. The van der Waals surface area contributed by atoms with E-state index in [9.17, 15) is 0 Å². The van der Waals surface area contributed by atoms with E-state index in [4.69, 9.17) is 0 Å². The van der Waals surface area contributed by atoms with Crippen LogP contribution in [0.4, 0.5) is 17.1 Å². The van der Waals surface area contributed by atoms with Gasteiger partial charge in [-0.25, -0.2) is 0 Å². The highest BCUT2D eigenvalue weighted by Crippen LogP contribution is 2.47. The van der Waals surface area contributed by atoms with Crippen molar-refractivity contribution < 1.29 is 0 Å². The van der Waals surface area contributed by atoms with Gasteiger partial charge in [-0.15, -0.1) is 0 Å². The van der Waals surface area contributed by atoms with Gasteiger partial charge >= 0.3 is 0 Å². The first kappa shape index (κ1) is 12.4. The summed E-state index contributed by atoms with van der Waals surface area (Å²) in [5.41, 5.74) is 6.96. The van der Waals surface area contributed by atoms with Gasteiger partial charge in [-0.1, -0.05) is 54.2 Å². The van der Waals surface area contributed by atoms with Gasteiger partial charge in [0.25, 0.3) is 0 Å². The van der Waals surface area contributed by atoms with Crippen molar-refractivity contribution in [3.8, 4) is 0 Å². The minimum atomic E-state index is 1.08. The molecule has 1 N–H and O–H groups in total. The summed E-state index contributed by atoms with van der Waals surface area (Å²) in [4.78, 5) is 2.53. The second-order valence-electron chi connectivity index (χ2n) is 4.85. The fourth-order valence-corrected chi connectivity index (χ4v) is 3.52. The van der Waals surface area contributed by atoms with Crippen molar-refractivity contribution >= 4 is 28.8 Å². The van der Waals surface area contributed by atoms with Crippen LogP contribution in [-0.4, -0.2) is 0 Å². The molecule has 1 heterocycles. The van der Waals surface area contributed by atoms with Crippen LogP contribution in [0, 0.1) is 0 Å². The quantitative estimate of drug-likeness (QED) is 0.688. The molecule has 0 saturated carbocycles. The molecule has 0 bridgehead atoms. The zero-order chi connectivity index (χ0) is 14.1. The molecule has 0 fully saturated rings. The third-order valence-electron chi connectivity index (χ3n) is 3.45. The number of hydrazine groups is 1. The van der Waals surface area contributed by atoms with Crippen molar-refractivity contribution in [1.29, 1.82) is 0 Å². The van der Waals surface area contributed by atoms with E-state index in [1.165, 1.54) is 21.2 Å². The number of hydrogen-bond donors (Lipinski definition) is 1. The van der Waals surface area contributed by atoms with Crippen molar-refractivity contribution in [3.63, 3.8) is 0 Å². The summed E-state index contributed by atoms with van der Waals surface area (Å²) in [5, 5.41) is 2.16. The predicted octanol–water partition coefficient (Wildman–Crippen LogP) is 5.32. The SMILES string of the molecule is c1ccc(NN2c3ccccc3Sc3ccccc32)cc1. The fourth-order valence-electron chi connectivity index (χ4n) is 2.47. The number of rotatable bonds is 2. The molecule has 0 unspecified atom stereocenters. The maximum Gasteiger partial charge on any atom is 0.0770 e. The number of benzene rings is 3. The Balaban J connectivity index is 1.82. The van der Waals surface area contributed by atoms with Crippen LogP contribution in [0.15, 0.2) is 88.7 Å². The van der Waals surface area contributed by atoms with Crippen molar-refractivity contribution in [3.05, 3.63) is 78.9 Å². The Hall–Kier alpha value is -2.39. The van der Waals surface area contributed by atoms with Crippen molar-refractivity contribution in [2.24, 2.45) is 0 Å². The van der Waals surface area contributed by atoms with E-state index < -0.39 is 0 Å². The minimum Gasteiger partial charge on any atom is -0.294 e. The summed E-state index contributed by atoms with van der Waals surface area (Å²) in [5.74, 6) is 0. The van der Waals surface area contributed by atoms with E-state index in [-0.39, 0.29) is 0 Å². The maximum absolute atomic E-state index is 3.51. The van der Waals surface area contributed by atoms with Crippen LogP contribution in [0.25, 0.3) is 0 Å². The molecule has 21 heavy (non-hydrogen) atoms. The fraction of sp³-hybridized carbons (Fsp3) is 0. The topological polar surface area (TPSA) is 15.3 Å². The van der Waals surface area contributed by atoms with Gasteiger partial charge in [0.2, 0.25) is 0 Å². The van der Waals surface area contributed by atoms with Crippen molar-refractivity contribution in [1.82, 2.24) is 0 Å². The Morgan fingerprint density at radius 1 is 0.619 bits per heavy atom. The zero-order valence-corrected chi connectivity index (χ0v) is 12.2. The van der Waals surface area contributed by atoms with Crippen LogP contribution in [-0.2, 0) is 0 Å². The van der Waals surface area contributed by atoms with E-state index >= 15 is 0 Å². The second kappa shape index (κ2) is 5.19.